The average molecular weight is 435 g/mol. The van der Waals surface area contributed by atoms with Gasteiger partial charge in [-0.05, 0) is 11.5 Å². The number of amides is 1. The minimum atomic E-state index is -1.05. The Labute approximate surface area is 185 Å². The summed E-state index contributed by atoms with van der Waals surface area (Å²) in [6.45, 7) is 1.62. The van der Waals surface area contributed by atoms with Gasteiger partial charge in [0.1, 0.15) is 30.1 Å². The molecule has 0 aromatic heterocycles. The van der Waals surface area contributed by atoms with E-state index in [1.807, 2.05) is 72.8 Å². The predicted octanol–water partition coefficient (Wildman–Crippen LogP) is 2.92. The van der Waals surface area contributed by atoms with Crippen molar-refractivity contribution in [2.75, 3.05) is 6.61 Å². The fraction of sp³-hybridized carbons (Fsp3) is 0.320. The highest BCUT2D eigenvalue weighted by Gasteiger charge is 2.50. The van der Waals surface area contributed by atoms with Crippen molar-refractivity contribution in [2.45, 2.75) is 43.9 Å². The third kappa shape index (κ3) is 4.08. The minimum absolute atomic E-state index is 0.226. The number of aliphatic hydroxyl groups excluding tert-OH is 1. The first-order valence-corrected chi connectivity index (χ1v) is 10.7. The van der Waals surface area contributed by atoms with Crippen LogP contribution in [0.5, 0.6) is 5.75 Å². The number of nitrogens with one attached hydrogen (secondary N) is 1. The van der Waals surface area contributed by atoms with Crippen LogP contribution in [0.25, 0.3) is 10.8 Å². The maximum absolute atomic E-state index is 11.9. The molecular formula is C25H25NO6. The number of carbonyl (C=O) groups excluding carboxylic acids is 1. The first kappa shape index (κ1) is 20.9. The number of fused-ring (bicyclic) bond motifs is 2. The van der Waals surface area contributed by atoms with Gasteiger partial charge in [-0.2, -0.15) is 0 Å². The minimum Gasteiger partial charge on any atom is -0.462 e. The van der Waals surface area contributed by atoms with Crippen molar-refractivity contribution >= 4 is 16.7 Å². The molecule has 6 atom stereocenters. The lowest BCUT2D eigenvalue weighted by Crippen LogP contribution is -2.67. The van der Waals surface area contributed by atoms with Crippen LogP contribution in [0.2, 0.25) is 0 Å². The van der Waals surface area contributed by atoms with Crippen LogP contribution < -0.4 is 10.1 Å². The van der Waals surface area contributed by atoms with Gasteiger partial charge in [0.2, 0.25) is 12.2 Å². The number of hydrogen-bond acceptors (Lipinski definition) is 6. The van der Waals surface area contributed by atoms with Gasteiger partial charge >= 0.3 is 0 Å². The van der Waals surface area contributed by atoms with Crippen molar-refractivity contribution < 1.29 is 28.8 Å². The molecule has 32 heavy (non-hydrogen) atoms. The largest absolute Gasteiger partial charge is 0.462 e. The molecule has 0 radical (unpaired) electrons. The molecule has 2 N–H and O–H groups in total. The highest BCUT2D eigenvalue weighted by atomic mass is 16.7. The zero-order valence-electron chi connectivity index (χ0n) is 17.6. The Morgan fingerprint density at radius 3 is 2.56 bits per heavy atom. The maximum atomic E-state index is 11.9. The molecule has 0 spiro atoms. The van der Waals surface area contributed by atoms with Crippen molar-refractivity contribution in [1.82, 2.24) is 5.32 Å². The number of carbonyl (C=O) groups is 1. The highest BCUT2D eigenvalue weighted by Crippen LogP contribution is 2.36. The molecule has 2 aliphatic rings. The Balaban J connectivity index is 1.40. The van der Waals surface area contributed by atoms with Gasteiger partial charge in [0.05, 0.1) is 6.61 Å². The molecule has 7 heteroatoms. The number of ether oxygens (including phenoxy) is 4. The van der Waals surface area contributed by atoms with Crippen molar-refractivity contribution in [3.8, 4) is 5.75 Å². The van der Waals surface area contributed by atoms with E-state index in [9.17, 15) is 9.90 Å². The monoisotopic (exact) mass is 435 g/mol. The van der Waals surface area contributed by atoms with Gasteiger partial charge in [0, 0.05) is 17.9 Å². The van der Waals surface area contributed by atoms with E-state index in [4.69, 9.17) is 18.9 Å². The fourth-order valence-electron chi connectivity index (χ4n) is 4.28. The fourth-order valence-corrected chi connectivity index (χ4v) is 4.28. The number of hydrogen-bond donors (Lipinski definition) is 2. The van der Waals surface area contributed by atoms with Crippen LogP contribution in [0.1, 0.15) is 18.8 Å². The molecule has 0 unspecified atom stereocenters. The standard InChI is InChI=1S/C25H25NO6/c1-15(27)26-21-22(28)23-20(14-29-24(32-23)17-9-3-2-4-10-17)31-25(21)30-19-13-7-11-16-8-5-6-12-18(16)19/h2-13,20-25,28H,14H2,1H3,(H,26,27)/t20-,21+,22+,23-,24+,25-/m1/s1. The first-order valence-electron chi connectivity index (χ1n) is 10.7. The zero-order valence-corrected chi connectivity index (χ0v) is 17.6. The molecule has 7 nitrogen and oxygen atoms in total. The Morgan fingerprint density at radius 1 is 1.00 bits per heavy atom. The van der Waals surface area contributed by atoms with Crippen LogP contribution in [0.3, 0.4) is 0 Å². The quantitative estimate of drug-likeness (QED) is 0.656. The molecule has 166 valence electrons. The summed E-state index contributed by atoms with van der Waals surface area (Å²) in [4.78, 5) is 11.9. The van der Waals surface area contributed by atoms with E-state index in [1.54, 1.807) is 0 Å². The number of benzene rings is 3. The Bertz CT molecular complexity index is 1080. The molecule has 2 saturated heterocycles. The third-order valence-corrected chi connectivity index (χ3v) is 5.80. The van der Waals surface area contributed by atoms with E-state index in [2.05, 4.69) is 5.32 Å². The Morgan fingerprint density at radius 2 is 1.75 bits per heavy atom. The number of rotatable bonds is 4. The second kappa shape index (κ2) is 8.88. The van der Waals surface area contributed by atoms with Crippen molar-refractivity contribution in [1.29, 1.82) is 0 Å². The highest BCUT2D eigenvalue weighted by molar-refractivity contribution is 5.88. The van der Waals surface area contributed by atoms with Gasteiger partial charge in [-0.3, -0.25) is 4.79 Å². The first-order chi connectivity index (χ1) is 15.6. The van der Waals surface area contributed by atoms with Crippen molar-refractivity contribution in [2.24, 2.45) is 0 Å². The Kier molecular flexibility index (Phi) is 5.80. The second-order valence-electron chi connectivity index (χ2n) is 8.03. The summed E-state index contributed by atoms with van der Waals surface area (Å²) in [5.74, 6) is 0.309. The molecular weight excluding hydrogens is 410 g/mol. The van der Waals surface area contributed by atoms with Gasteiger partial charge in [-0.25, -0.2) is 0 Å². The summed E-state index contributed by atoms with van der Waals surface area (Å²) >= 11 is 0. The van der Waals surface area contributed by atoms with E-state index in [1.165, 1.54) is 6.92 Å². The van der Waals surface area contributed by atoms with Crippen LogP contribution in [-0.2, 0) is 19.0 Å². The van der Waals surface area contributed by atoms with E-state index >= 15 is 0 Å². The lowest BCUT2D eigenvalue weighted by molar-refractivity contribution is -0.333. The van der Waals surface area contributed by atoms with E-state index in [0.717, 1.165) is 16.3 Å². The molecule has 0 saturated carbocycles. The number of aliphatic hydroxyl groups is 1. The van der Waals surface area contributed by atoms with Crippen LogP contribution in [0.15, 0.2) is 72.8 Å². The van der Waals surface area contributed by atoms with Gasteiger partial charge in [0.25, 0.3) is 0 Å². The average Bonchev–Trinajstić information content (AvgIpc) is 2.82. The predicted molar refractivity (Wildman–Crippen MR) is 117 cm³/mol. The maximum Gasteiger partial charge on any atom is 0.223 e. The smallest absolute Gasteiger partial charge is 0.223 e. The summed E-state index contributed by atoms with van der Waals surface area (Å²) in [6.07, 6.45) is -3.81. The summed E-state index contributed by atoms with van der Waals surface area (Å²) in [5.41, 5.74) is 0.850. The topological polar surface area (TPSA) is 86.3 Å². The summed E-state index contributed by atoms with van der Waals surface area (Å²) in [7, 11) is 0. The normalized spacial score (nSPS) is 29.8. The molecule has 2 fully saturated rings. The molecule has 2 aliphatic heterocycles. The van der Waals surface area contributed by atoms with Gasteiger partial charge in [-0.1, -0.05) is 66.7 Å². The van der Waals surface area contributed by atoms with Crippen LogP contribution in [0.4, 0.5) is 0 Å². The van der Waals surface area contributed by atoms with E-state index < -0.39 is 36.9 Å². The molecule has 0 aliphatic carbocycles. The molecule has 5 rings (SSSR count). The molecule has 1 amide bonds. The molecule has 3 aromatic rings. The van der Waals surface area contributed by atoms with Crippen LogP contribution in [0, 0.1) is 0 Å². The lowest BCUT2D eigenvalue weighted by Gasteiger charge is -2.47. The second-order valence-corrected chi connectivity index (χ2v) is 8.03. The van der Waals surface area contributed by atoms with Crippen molar-refractivity contribution in [3.05, 3.63) is 78.4 Å². The third-order valence-electron chi connectivity index (χ3n) is 5.80. The molecule has 3 aromatic carbocycles. The summed E-state index contributed by atoms with van der Waals surface area (Å²) in [5, 5.41) is 15.9. The van der Waals surface area contributed by atoms with Gasteiger partial charge < -0.3 is 29.4 Å². The summed E-state index contributed by atoms with van der Waals surface area (Å²) < 4.78 is 24.3. The molecule has 0 bridgehead atoms. The van der Waals surface area contributed by atoms with Crippen LogP contribution >= 0.6 is 0 Å². The van der Waals surface area contributed by atoms with Crippen molar-refractivity contribution in [3.63, 3.8) is 0 Å². The lowest BCUT2D eigenvalue weighted by atomic mass is 9.95. The van der Waals surface area contributed by atoms with E-state index in [-0.39, 0.29) is 12.5 Å². The summed E-state index contributed by atoms with van der Waals surface area (Å²) in [6, 6.07) is 22.3. The van der Waals surface area contributed by atoms with Gasteiger partial charge in [0.15, 0.2) is 6.29 Å². The zero-order chi connectivity index (χ0) is 22.1. The van der Waals surface area contributed by atoms with E-state index in [0.29, 0.717) is 5.75 Å². The molecule has 2 heterocycles. The SMILES string of the molecule is CC(=O)N[C@@H]1[C@H](Oc2cccc3ccccc23)O[C@@H]2CO[C@H](c3ccccc3)O[C@H]2[C@H]1O. The Hall–Kier alpha value is -2.97. The van der Waals surface area contributed by atoms with Gasteiger partial charge in [-0.15, -0.1) is 0 Å². The van der Waals surface area contributed by atoms with Crippen LogP contribution in [-0.4, -0.2) is 48.3 Å².